The molecule has 3 heterocycles. The number of H-pyrrole nitrogens is 1. The van der Waals surface area contributed by atoms with E-state index in [2.05, 4.69) is 15.0 Å². The van der Waals surface area contributed by atoms with Crippen LogP contribution in [0.15, 0.2) is 35.3 Å². The van der Waals surface area contributed by atoms with Crippen molar-refractivity contribution in [2.75, 3.05) is 13.1 Å². The number of carbonyl (C=O) groups excluding carboxylic acids is 1. The van der Waals surface area contributed by atoms with E-state index in [-0.39, 0.29) is 52.2 Å². The van der Waals surface area contributed by atoms with E-state index < -0.39 is 23.4 Å². The van der Waals surface area contributed by atoms with Crippen LogP contribution >= 0.6 is 0 Å². The zero-order valence-electron chi connectivity index (χ0n) is 20.6. The molecule has 3 unspecified atom stereocenters. The molecule has 196 valence electrons. The van der Waals surface area contributed by atoms with Crippen LogP contribution in [0.5, 0.6) is 5.88 Å². The van der Waals surface area contributed by atoms with Gasteiger partial charge in [0, 0.05) is 36.8 Å². The van der Waals surface area contributed by atoms with E-state index in [4.69, 9.17) is 9.47 Å². The Kier molecular flexibility index (Phi) is 6.43. The first-order valence-corrected chi connectivity index (χ1v) is 12.2. The van der Waals surface area contributed by atoms with Crippen molar-refractivity contribution in [1.29, 1.82) is 0 Å². The van der Waals surface area contributed by atoms with Gasteiger partial charge in [-0.1, -0.05) is 0 Å². The maximum Gasteiger partial charge on any atom is 0.416 e. The summed E-state index contributed by atoms with van der Waals surface area (Å²) >= 11 is 0. The fraction of sp³-hybridized carbons (Fsp3) is 0.462. The zero-order chi connectivity index (χ0) is 26.5. The number of amides is 1. The topological polar surface area (TPSA) is 97.4 Å². The number of carbonyl (C=O) groups is 1. The summed E-state index contributed by atoms with van der Waals surface area (Å²) in [6.07, 6.45) is -3.06. The Bertz CT molecular complexity index is 1380. The third-order valence-electron chi connectivity index (χ3n) is 6.59. The predicted molar refractivity (Wildman–Crippen MR) is 128 cm³/mol. The number of aryl methyl sites for hydroxylation is 1. The summed E-state index contributed by atoms with van der Waals surface area (Å²) in [5.74, 6) is -0.0271. The fourth-order valence-electron chi connectivity index (χ4n) is 4.85. The third-order valence-corrected chi connectivity index (χ3v) is 6.59. The number of aromatic nitrogens is 3. The molecule has 2 fully saturated rings. The van der Waals surface area contributed by atoms with E-state index >= 15 is 0 Å². The molecule has 2 aromatic heterocycles. The van der Waals surface area contributed by atoms with Crippen molar-refractivity contribution >= 4 is 16.8 Å². The van der Waals surface area contributed by atoms with Gasteiger partial charge < -0.3 is 19.4 Å². The molecular formula is C26H27F3N4O4. The van der Waals surface area contributed by atoms with Gasteiger partial charge in [0.2, 0.25) is 5.88 Å². The molecule has 1 N–H and O–H groups in total. The van der Waals surface area contributed by atoms with E-state index in [1.165, 1.54) is 25.3 Å². The zero-order valence-corrected chi connectivity index (χ0v) is 20.6. The minimum absolute atomic E-state index is 0.0281. The summed E-state index contributed by atoms with van der Waals surface area (Å²) in [4.78, 5) is 37.9. The summed E-state index contributed by atoms with van der Waals surface area (Å²) in [5.41, 5.74) is -1.21. The number of halogens is 3. The molecule has 0 spiro atoms. The molecule has 3 atom stereocenters. The van der Waals surface area contributed by atoms with Gasteiger partial charge in [0.15, 0.2) is 0 Å². The molecule has 0 radical (unpaired) electrons. The van der Waals surface area contributed by atoms with Crippen LogP contribution in [0.4, 0.5) is 13.2 Å². The van der Waals surface area contributed by atoms with Crippen molar-refractivity contribution in [1.82, 2.24) is 19.9 Å². The van der Waals surface area contributed by atoms with Crippen LogP contribution < -0.4 is 10.3 Å². The minimum Gasteiger partial charge on any atom is -0.469 e. The number of ether oxygens (including phenoxy) is 2. The van der Waals surface area contributed by atoms with Crippen molar-refractivity contribution in [2.24, 2.45) is 5.92 Å². The second kappa shape index (κ2) is 9.44. The van der Waals surface area contributed by atoms with Gasteiger partial charge in [0.25, 0.3) is 11.5 Å². The Morgan fingerprint density at radius 2 is 1.89 bits per heavy atom. The van der Waals surface area contributed by atoms with Gasteiger partial charge in [-0.25, -0.2) is 9.97 Å². The molecule has 0 bridgehead atoms. The fourth-order valence-corrected chi connectivity index (χ4v) is 4.85. The quantitative estimate of drug-likeness (QED) is 0.539. The first-order valence-electron chi connectivity index (χ1n) is 12.2. The summed E-state index contributed by atoms with van der Waals surface area (Å²) in [7, 11) is 0. The van der Waals surface area contributed by atoms with Crippen LogP contribution in [-0.2, 0) is 10.9 Å². The molecule has 1 aliphatic carbocycles. The van der Waals surface area contributed by atoms with Crippen molar-refractivity contribution in [3.05, 3.63) is 63.3 Å². The number of pyridine rings is 1. The number of aromatic amines is 1. The summed E-state index contributed by atoms with van der Waals surface area (Å²) in [6, 6.07) is 5.18. The molecule has 1 aromatic carbocycles. The second-order valence-corrected chi connectivity index (χ2v) is 9.83. The van der Waals surface area contributed by atoms with Crippen molar-refractivity contribution < 1.29 is 27.4 Å². The first kappa shape index (κ1) is 25.2. The molecule has 5 rings (SSSR count). The largest absolute Gasteiger partial charge is 0.469 e. The smallest absolute Gasteiger partial charge is 0.416 e. The monoisotopic (exact) mass is 516 g/mol. The molecule has 1 saturated heterocycles. The number of hydrogen-bond donors (Lipinski definition) is 1. The average molecular weight is 517 g/mol. The van der Waals surface area contributed by atoms with Gasteiger partial charge in [-0.2, -0.15) is 13.2 Å². The highest BCUT2D eigenvalue weighted by Gasteiger charge is 2.42. The molecule has 1 amide bonds. The lowest BCUT2D eigenvalue weighted by molar-refractivity contribution is -0.139. The minimum atomic E-state index is -4.67. The van der Waals surface area contributed by atoms with Crippen LogP contribution in [0.25, 0.3) is 10.9 Å². The lowest BCUT2D eigenvalue weighted by atomic mass is 9.96. The highest BCUT2D eigenvalue weighted by molar-refractivity contribution is 5.94. The number of fused-ring (bicyclic) bond motifs is 1. The van der Waals surface area contributed by atoms with Gasteiger partial charge in [-0.3, -0.25) is 9.59 Å². The number of hydrogen-bond acceptors (Lipinski definition) is 6. The highest BCUT2D eigenvalue weighted by Crippen LogP contribution is 2.47. The Labute approximate surface area is 210 Å². The van der Waals surface area contributed by atoms with E-state index in [0.717, 1.165) is 6.07 Å². The average Bonchev–Trinajstić information content (AvgIpc) is 3.66. The molecule has 1 saturated carbocycles. The Hall–Kier alpha value is -3.47. The van der Waals surface area contributed by atoms with Crippen molar-refractivity contribution in [3.8, 4) is 5.88 Å². The number of nitrogens with one attached hydrogen (secondary N) is 1. The van der Waals surface area contributed by atoms with Gasteiger partial charge in [-0.15, -0.1) is 0 Å². The van der Waals surface area contributed by atoms with Crippen LogP contribution in [0, 0.1) is 12.8 Å². The number of alkyl halides is 3. The molecule has 37 heavy (non-hydrogen) atoms. The van der Waals surface area contributed by atoms with Gasteiger partial charge in [0.1, 0.15) is 11.9 Å². The maximum atomic E-state index is 14.1. The van der Waals surface area contributed by atoms with Gasteiger partial charge >= 0.3 is 6.18 Å². The lowest BCUT2D eigenvalue weighted by Crippen LogP contribution is -2.48. The van der Waals surface area contributed by atoms with E-state index in [1.54, 1.807) is 11.0 Å². The third kappa shape index (κ3) is 5.31. The maximum absolute atomic E-state index is 14.1. The number of rotatable bonds is 5. The van der Waals surface area contributed by atoms with Crippen molar-refractivity contribution in [2.45, 2.75) is 58.1 Å². The van der Waals surface area contributed by atoms with Gasteiger partial charge in [-0.05, 0) is 51.8 Å². The van der Waals surface area contributed by atoms with Crippen molar-refractivity contribution in [3.63, 3.8) is 0 Å². The molecular weight excluding hydrogens is 489 g/mol. The molecule has 8 nitrogen and oxygen atoms in total. The standard InChI is InChI=1S/C26H27F3N4O4/c1-13-11-33(12-14(2)36-13)25(35)17-6-7-22(30-10-17)37-23(16-4-5-16)18-8-19-21(9-20(18)26(27,28)29)31-15(3)32-24(19)34/h6-10,13-14,16,23H,4-5,11-12H2,1-3H3,(H,31,32,34). The summed E-state index contributed by atoms with van der Waals surface area (Å²) in [5, 5.41) is 0.0609. The Morgan fingerprint density at radius 1 is 1.19 bits per heavy atom. The van der Waals surface area contributed by atoms with Crippen LogP contribution in [-0.4, -0.2) is 51.1 Å². The number of benzene rings is 1. The van der Waals surface area contributed by atoms with Crippen LogP contribution in [0.2, 0.25) is 0 Å². The van der Waals surface area contributed by atoms with E-state index in [9.17, 15) is 22.8 Å². The molecule has 2 aliphatic rings. The number of nitrogens with zero attached hydrogens (tertiary/aromatic N) is 3. The summed E-state index contributed by atoms with van der Waals surface area (Å²) in [6.45, 7) is 6.23. The normalized spacial score (nSPS) is 21.2. The molecule has 3 aromatic rings. The number of morpholine rings is 1. The molecule has 1 aliphatic heterocycles. The second-order valence-electron chi connectivity index (χ2n) is 9.83. The van der Waals surface area contributed by atoms with E-state index in [0.29, 0.717) is 31.5 Å². The van der Waals surface area contributed by atoms with E-state index in [1.807, 2.05) is 13.8 Å². The first-order chi connectivity index (χ1) is 17.5. The Balaban J connectivity index is 1.45. The van der Waals surface area contributed by atoms with Gasteiger partial charge in [0.05, 0.1) is 34.2 Å². The predicted octanol–water partition coefficient (Wildman–Crippen LogP) is 4.42. The van der Waals surface area contributed by atoms with Crippen LogP contribution in [0.1, 0.15) is 60.1 Å². The van der Waals surface area contributed by atoms with Crippen LogP contribution in [0.3, 0.4) is 0 Å². The summed E-state index contributed by atoms with van der Waals surface area (Å²) < 4.78 is 54.0. The highest BCUT2D eigenvalue weighted by atomic mass is 19.4. The Morgan fingerprint density at radius 3 is 2.49 bits per heavy atom. The SMILES string of the molecule is Cc1nc2cc(C(F)(F)F)c(C(Oc3ccc(C(=O)N4CC(C)OC(C)C4)cn3)C3CC3)cc2c(=O)[nH]1. The molecule has 11 heteroatoms. The lowest BCUT2D eigenvalue weighted by Gasteiger charge is -2.35.